The summed E-state index contributed by atoms with van der Waals surface area (Å²) >= 11 is 6.94. The molecule has 4 nitrogen and oxygen atoms in total. The van der Waals surface area contributed by atoms with Crippen LogP contribution in [0.4, 0.5) is 15.1 Å². The monoisotopic (exact) mass is 420 g/mol. The number of esters is 1. The first-order valence-electron chi connectivity index (χ1n) is 9.65. The molecule has 1 aliphatic carbocycles. The number of hydrogen-bond donors (Lipinski definition) is 2. The van der Waals surface area contributed by atoms with Crippen molar-refractivity contribution in [1.29, 1.82) is 0 Å². The molecular formula is C21H25FN2O2S2. The maximum atomic E-state index is 14.0. The van der Waals surface area contributed by atoms with E-state index < -0.39 is 0 Å². The van der Waals surface area contributed by atoms with Gasteiger partial charge in [0.1, 0.15) is 10.8 Å². The Bertz CT molecular complexity index is 880. The number of carbonyl (C=O) groups is 1. The first-order valence-corrected chi connectivity index (χ1v) is 10.9. The van der Waals surface area contributed by atoms with Crippen molar-refractivity contribution in [1.82, 2.24) is 0 Å². The van der Waals surface area contributed by atoms with E-state index in [0.717, 1.165) is 36.8 Å². The van der Waals surface area contributed by atoms with Gasteiger partial charge in [-0.15, -0.1) is 11.3 Å². The minimum atomic E-state index is -0.376. The van der Waals surface area contributed by atoms with Crippen LogP contribution in [0.3, 0.4) is 0 Å². The summed E-state index contributed by atoms with van der Waals surface area (Å²) in [5.41, 5.74) is 2.90. The third-order valence-corrected chi connectivity index (χ3v) is 6.16. The molecule has 0 saturated carbocycles. The molecule has 1 aromatic heterocycles. The van der Waals surface area contributed by atoms with Crippen molar-refractivity contribution in [2.45, 2.75) is 52.4 Å². The summed E-state index contributed by atoms with van der Waals surface area (Å²) in [6.45, 7) is 4.01. The molecule has 3 rings (SSSR count). The summed E-state index contributed by atoms with van der Waals surface area (Å²) in [6.07, 6.45) is 6.39. The van der Waals surface area contributed by atoms with Crippen molar-refractivity contribution in [3.8, 4) is 0 Å². The van der Waals surface area contributed by atoms with Crippen LogP contribution < -0.4 is 10.6 Å². The molecule has 0 unspecified atom stereocenters. The lowest BCUT2D eigenvalue weighted by molar-refractivity contribution is 0.0526. The van der Waals surface area contributed by atoms with Gasteiger partial charge in [0.2, 0.25) is 0 Å². The number of ether oxygens (including phenoxy) is 1. The van der Waals surface area contributed by atoms with Crippen LogP contribution >= 0.6 is 23.6 Å². The molecule has 0 radical (unpaired) electrons. The van der Waals surface area contributed by atoms with Gasteiger partial charge in [-0.3, -0.25) is 0 Å². The molecule has 28 heavy (non-hydrogen) atoms. The summed E-state index contributed by atoms with van der Waals surface area (Å²) in [5.74, 6) is -0.702. The van der Waals surface area contributed by atoms with Crippen LogP contribution in [-0.2, 0) is 17.6 Å². The van der Waals surface area contributed by atoms with Gasteiger partial charge in [-0.05, 0) is 75.0 Å². The fourth-order valence-corrected chi connectivity index (χ4v) is 4.98. The van der Waals surface area contributed by atoms with Gasteiger partial charge in [-0.25, -0.2) is 9.18 Å². The Morgan fingerprint density at radius 2 is 1.96 bits per heavy atom. The summed E-state index contributed by atoms with van der Waals surface area (Å²) in [7, 11) is 0. The second-order valence-electron chi connectivity index (χ2n) is 6.91. The van der Waals surface area contributed by atoms with E-state index in [9.17, 15) is 9.18 Å². The molecule has 1 aliphatic rings. The van der Waals surface area contributed by atoms with E-state index in [2.05, 4.69) is 10.6 Å². The average molecular weight is 421 g/mol. The molecular weight excluding hydrogens is 395 g/mol. The van der Waals surface area contributed by atoms with Crippen molar-refractivity contribution in [3.63, 3.8) is 0 Å². The van der Waals surface area contributed by atoms with Gasteiger partial charge in [-0.2, -0.15) is 0 Å². The Hall–Kier alpha value is -1.99. The fourth-order valence-electron chi connectivity index (χ4n) is 3.42. The molecule has 0 spiro atoms. The number of fused-ring (bicyclic) bond motifs is 1. The summed E-state index contributed by atoms with van der Waals surface area (Å²) in [5, 5.41) is 6.95. The zero-order chi connectivity index (χ0) is 20.1. The highest BCUT2D eigenvalue weighted by molar-refractivity contribution is 7.80. The van der Waals surface area contributed by atoms with Crippen molar-refractivity contribution in [2.75, 3.05) is 17.2 Å². The zero-order valence-corrected chi connectivity index (χ0v) is 17.8. The van der Waals surface area contributed by atoms with Crippen molar-refractivity contribution >= 4 is 45.3 Å². The van der Waals surface area contributed by atoms with Gasteiger partial charge in [0.05, 0.1) is 17.9 Å². The minimum Gasteiger partial charge on any atom is -0.462 e. The molecule has 1 aromatic carbocycles. The van der Waals surface area contributed by atoms with Crippen LogP contribution in [0.2, 0.25) is 0 Å². The lowest BCUT2D eigenvalue weighted by atomic mass is 9.96. The molecule has 1 heterocycles. The van der Waals surface area contributed by atoms with Crippen molar-refractivity contribution < 1.29 is 13.9 Å². The van der Waals surface area contributed by atoms with Gasteiger partial charge in [0.15, 0.2) is 5.11 Å². The molecule has 7 heteroatoms. The SMILES string of the molecule is CCOC(=O)c1c(NC(=S)Nc2cc(C)ccc2F)sc2c1CCCCCC2. The molecule has 2 aromatic rings. The number of nitrogens with one attached hydrogen (secondary N) is 2. The van der Waals surface area contributed by atoms with E-state index in [1.54, 1.807) is 30.4 Å². The van der Waals surface area contributed by atoms with Crippen LogP contribution in [0.15, 0.2) is 18.2 Å². The number of hydrogen-bond acceptors (Lipinski definition) is 4. The fraction of sp³-hybridized carbons (Fsp3) is 0.429. The highest BCUT2D eigenvalue weighted by Crippen LogP contribution is 2.37. The summed E-state index contributed by atoms with van der Waals surface area (Å²) < 4.78 is 19.3. The molecule has 0 bridgehead atoms. The number of benzene rings is 1. The summed E-state index contributed by atoms with van der Waals surface area (Å²) in [4.78, 5) is 13.9. The predicted molar refractivity (Wildman–Crippen MR) is 117 cm³/mol. The largest absolute Gasteiger partial charge is 0.462 e. The first-order chi connectivity index (χ1) is 13.5. The average Bonchev–Trinajstić information content (AvgIpc) is 2.94. The van der Waals surface area contributed by atoms with Crippen LogP contribution in [0, 0.1) is 12.7 Å². The first kappa shape index (κ1) is 20.7. The second-order valence-corrected chi connectivity index (χ2v) is 8.42. The quantitative estimate of drug-likeness (QED) is 0.481. The topological polar surface area (TPSA) is 50.4 Å². The Morgan fingerprint density at radius 3 is 2.71 bits per heavy atom. The van der Waals surface area contributed by atoms with Gasteiger partial charge in [0, 0.05) is 4.88 Å². The molecule has 2 N–H and O–H groups in total. The van der Waals surface area contributed by atoms with E-state index >= 15 is 0 Å². The lowest BCUT2D eigenvalue weighted by Gasteiger charge is -2.13. The van der Waals surface area contributed by atoms with Gasteiger partial charge < -0.3 is 15.4 Å². The predicted octanol–water partition coefficient (Wildman–Crippen LogP) is 5.84. The third kappa shape index (κ3) is 4.89. The smallest absolute Gasteiger partial charge is 0.341 e. The Morgan fingerprint density at radius 1 is 1.21 bits per heavy atom. The van der Waals surface area contributed by atoms with Gasteiger partial charge in [0.25, 0.3) is 0 Å². The standard InChI is InChI=1S/C21H25FN2O2S2/c1-3-26-20(25)18-14-8-6-4-5-7-9-17(14)28-19(18)24-21(27)23-16-12-13(2)10-11-15(16)22/h10-12H,3-9H2,1-2H3,(H2,23,24,27). The molecule has 0 fully saturated rings. The Balaban J connectivity index is 1.87. The van der Waals surface area contributed by atoms with Crippen LogP contribution in [0.1, 0.15) is 59.0 Å². The molecule has 0 aliphatic heterocycles. The number of carbonyl (C=O) groups excluding carboxylic acids is 1. The second kappa shape index (κ2) is 9.47. The molecule has 150 valence electrons. The lowest BCUT2D eigenvalue weighted by Crippen LogP contribution is -2.21. The van der Waals surface area contributed by atoms with E-state index in [1.807, 2.05) is 6.92 Å². The van der Waals surface area contributed by atoms with E-state index in [0.29, 0.717) is 22.9 Å². The highest BCUT2D eigenvalue weighted by atomic mass is 32.1. The highest BCUT2D eigenvalue weighted by Gasteiger charge is 2.25. The number of thiocarbonyl (C=S) groups is 1. The van der Waals surface area contributed by atoms with Gasteiger partial charge >= 0.3 is 5.97 Å². The van der Waals surface area contributed by atoms with Crippen molar-refractivity contribution in [2.24, 2.45) is 0 Å². The number of rotatable bonds is 4. The Labute approximate surface area is 174 Å². The summed E-state index contributed by atoms with van der Waals surface area (Å²) in [6, 6.07) is 4.81. The molecule has 0 atom stereocenters. The zero-order valence-electron chi connectivity index (χ0n) is 16.2. The Kier molecular flexibility index (Phi) is 7.02. The maximum absolute atomic E-state index is 14.0. The minimum absolute atomic E-state index is 0.254. The van der Waals surface area contributed by atoms with Crippen molar-refractivity contribution in [3.05, 3.63) is 45.6 Å². The molecule has 0 amide bonds. The van der Waals surface area contributed by atoms with Crippen LogP contribution in [0.5, 0.6) is 0 Å². The number of aryl methyl sites for hydroxylation is 2. The molecule has 0 saturated heterocycles. The van der Waals surface area contributed by atoms with E-state index in [-0.39, 0.29) is 16.9 Å². The maximum Gasteiger partial charge on any atom is 0.341 e. The van der Waals surface area contributed by atoms with E-state index in [4.69, 9.17) is 17.0 Å². The van der Waals surface area contributed by atoms with Gasteiger partial charge in [-0.1, -0.05) is 18.9 Å². The third-order valence-electron chi connectivity index (χ3n) is 4.75. The number of anilines is 2. The number of thiophene rings is 1. The van der Waals surface area contributed by atoms with E-state index in [1.165, 1.54) is 23.8 Å². The number of halogens is 1. The van der Waals surface area contributed by atoms with Crippen LogP contribution in [0.25, 0.3) is 0 Å². The normalized spacial score (nSPS) is 13.8. The van der Waals surface area contributed by atoms with Crippen LogP contribution in [-0.4, -0.2) is 17.7 Å².